The Morgan fingerprint density at radius 3 is 2.79 bits per heavy atom. The molecule has 212 valence electrons. The number of carboxylic acid groups (broad SMARTS) is 1. The summed E-state index contributed by atoms with van der Waals surface area (Å²) in [5, 5.41) is 13.7. The molecule has 2 aromatic rings. The number of anilines is 1. The molecule has 1 aromatic heterocycles. The van der Waals surface area contributed by atoms with Gasteiger partial charge in [0.25, 0.3) is 0 Å². The summed E-state index contributed by atoms with van der Waals surface area (Å²) in [6, 6.07) is 9.80. The second-order valence-corrected chi connectivity index (χ2v) is 12.1. The summed E-state index contributed by atoms with van der Waals surface area (Å²) in [7, 11) is 1.62. The summed E-state index contributed by atoms with van der Waals surface area (Å²) >= 11 is 0. The summed E-state index contributed by atoms with van der Waals surface area (Å²) in [4.78, 5) is 19.4. The van der Waals surface area contributed by atoms with Crippen LogP contribution in [0.15, 0.2) is 30.3 Å². The molecule has 2 atom stereocenters. The van der Waals surface area contributed by atoms with Crippen molar-refractivity contribution < 1.29 is 19.4 Å². The van der Waals surface area contributed by atoms with Gasteiger partial charge in [-0.2, -0.15) is 0 Å². The first-order valence-corrected chi connectivity index (χ1v) is 14.9. The van der Waals surface area contributed by atoms with Gasteiger partial charge in [-0.05, 0) is 92.0 Å². The molecular formula is C32H45N3O4. The molecule has 2 aliphatic heterocycles. The van der Waals surface area contributed by atoms with Crippen molar-refractivity contribution in [2.45, 2.75) is 89.2 Å². The average Bonchev–Trinajstić information content (AvgIpc) is 3.71. The predicted molar refractivity (Wildman–Crippen MR) is 154 cm³/mol. The maximum atomic E-state index is 12.6. The lowest BCUT2D eigenvalue weighted by Gasteiger charge is -2.30. The fraction of sp³-hybridized carbons (Fsp3) is 0.625. The zero-order valence-electron chi connectivity index (χ0n) is 23.9. The summed E-state index contributed by atoms with van der Waals surface area (Å²) in [5.74, 6) is 1.55. The van der Waals surface area contributed by atoms with Gasteiger partial charge in [0.05, 0.1) is 13.2 Å². The number of unbranched alkanes of at least 4 members (excludes halogenated alkanes) is 2. The van der Waals surface area contributed by atoms with E-state index in [1.807, 2.05) is 6.07 Å². The number of rotatable bonds is 13. The van der Waals surface area contributed by atoms with Crippen molar-refractivity contribution in [3.63, 3.8) is 0 Å². The number of aliphatic carboxylic acids is 1. The van der Waals surface area contributed by atoms with Crippen LogP contribution in [0.2, 0.25) is 0 Å². The van der Waals surface area contributed by atoms with Gasteiger partial charge in [0.1, 0.15) is 17.6 Å². The van der Waals surface area contributed by atoms with E-state index in [1.54, 1.807) is 7.11 Å². The van der Waals surface area contributed by atoms with Gasteiger partial charge in [-0.3, -0.25) is 9.69 Å². The third-order valence-electron chi connectivity index (χ3n) is 9.02. The van der Waals surface area contributed by atoms with E-state index in [0.717, 1.165) is 62.1 Å². The van der Waals surface area contributed by atoms with Crippen molar-refractivity contribution in [3.05, 3.63) is 52.7 Å². The molecule has 1 aromatic carbocycles. The molecule has 5 rings (SSSR count). The topological polar surface area (TPSA) is 83.9 Å². The van der Waals surface area contributed by atoms with Crippen LogP contribution in [0.25, 0.3) is 0 Å². The van der Waals surface area contributed by atoms with Gasteiger partial charge in [-0.15, -0.1) is 0 Å². The van der Waals surface area contributed by atoms with E-state index in [9.17, 15) is 9.90 Å². The van der Waals surface area contributed by atoms with Crippen LogP contribution < -0.4 is 10.1 Å². The van der Waals surface area contributed by atoms with Gasteiger partial charge in [-0.1, -0.05) is 32.4 Å². The summed E-state index contributed by atoms with van der Waals surface area (Å²) < 4.78 is 11.8. The van der Waals surface area contributed by atoms with Crippen molar-refractivity contribution in [2.24, 2.45) is 5.92 Å². The standard InChI is InChI=1S/C32H45N3O4/c1-32(2,23-11-12-23)24-13-15-28(38-3)27(20-24)29(31(36)37)35-18-16-26(21-35)39-19-6-4-5-9-25-14-10-22-8-7-17-33-30(22)34-25/h10,13-15,20,23,26,29H,4-9,11-12,16-19,21H2,1-3H3,(H,33,34)(H,36,37)/t26-,29?/m1/s1. The van der Waals surface area contributed by atoms with Crippen LogP contribution in [0, 0.1) is 5.92 Å². The highest BCUT2D eigenvalue weighted by atomic mass is 16.5. The van der Waals surface area contributed by atoms with Crippen molar-refractivity contribution in [1.82, 2.24) is 9.88 Å². The van der Waals surface area contributed by atoms with Gasteiger partial charge in [0.2, 0.25) is 0 Å². The minimum absolute atomic E-state index is 0.0353. The Hall–Kier alpha value is -2.64. The van der Waals surface area contributed by atoms with Gasteiger partial charge in [-0.25, -0.2) is 4.98 Å². The fourth-order valence-electron chi connectivity index (χ4n) is 6.34. The molecule has 3 heterocycles. The number of benzene rings is 1. The van der Waals surface area contributed by atoms with E-state index in [4.69, 9.17) is 14.5 Å². The lowest BCUT2D eigenvalue weighted by atomic mass is 9.79. The van der Waals surface area contributed by atoms with Crippen LogP contribution in [0.3, 0.4) is 0 Å². The van der Waals surface area contributed by atoms with Crippen LogP contribution >= 0.6 is 0 Å². The normalized spacial score (nSPS) is 20.3. The molecule has 2 N–H and O–H groups in total. The van der Waals surface area contributed by atoms with E-state index in [2.05, 4.69) is 48.3 Å². The van der Waals surface area contributed by atoms with Gasteiger partial charge < -0.3 is 19.9 Å². The molecule has 7 nitrogen and oxygen atoms in total. The summed E-state index contributed by atoms with van der Waals surface area (Å²) in [5.41, 5.74) is 4.48. The number of nitrogens with zero attached hydrogens (tertiary/aromatic N) is 2. The second kappa shape index (κ2) is 12.3. The molecule has 39 heavy (non-hydrogen) atoms. The summed E-state index contributed by atoms with van der Waals surface area (Å²) in [6.07, 6.45) is 9.90. The lowest BCUT2D eigenvalue weighted by Crippen LogP contribution is -2.34. The van der Waals surface area contributed by atoms with E-state index >= 15 is 0 Å². The number of hydrogen-bond donors (Lipinski definition) is 2. The highest BCUT2D eigenvalue weighted by Gasteiger charge is 2.41. The number of fused-ring (bicyclic) bond motifs is 1. The Morgan fingerprint density at radius 2 is 2.03 bits per heavy atom. The number of carbonyl (C=O) groups is 1. The van der Waals surface area contributed by atoms with Crippen molar-refractivity contribution >= 4 is 11.8 Å². The molecule has 0 radical (unpaired) electrons. The fourth-order valence-corrected chi connectivity index (χ4v) is 6.34. The highest BCUT2D eigenvalue weighted by Crippen LogP contribution is 2.48. The number of ether oxygens (including phenoxy) is 2. The van der Waals surface area contributed by atoms with Crippen LogP contribution in [0.1, 0.15) is 87.2 Å². The smallest absolute Gasteiger partial charge is 0.325 e. The first-order valence-electron chi connectivity index (χ1n) is 14.9. The number of carboxylic acids is 1. The third-order valence-corrected chi connectivity index (χ3v) is 9.02. The zero-order chi connectivity index (χ0) is 27.4. The van der Waals surface area contributed by atoms with Crippen LogP contribution in [-0.4, -0.2) is 60.4 Å². The maximum absolute atomic E-state index is 12.6. The number of pyridine rings is 1. The minimum Gasteiger partial charge on any atom is -0.496 e. The van der Waals surface area contributed by atoms with E-state index < -0.39 is 12.0 Å². The van der Waals surface area contributed by atoms with Crippen molar-refractivity contribution in [2.75, 3.05) is 38.7 Å². The Kier molecular flexibility index (Phi) is 8.77. The molecule has 2 fully saturated rings. The first kappa shape index (κ1) is 27.9. The SMILES string of the molecule is COc1ccc(C(C)(C)C2CC2)cc1C(C(=O)O)N1CC[C@@H](OCCCCCc2ccc3c(n2)NCCC3)C1. The van der Waals surface area contributed by atoms with E-state index in [0.29, 0.717) is 31.4 Å². The summed E-state index contributed by atoms with van der Waals surface area (Å²) in [6.45, 7) is 7.61. The van der Waals surface area contributed by atoms with Crippen molar-refractivity contribution in [3.8, 4) is 5.75 Å². The Labute approximate surface area is 233 Å². The Morgan fingerprint density at radius 1 is 1.18 bits per heavy atom. The number of hydrogen-bond acceptors (Lipinski definition) is 6. The number of aryl methyl sites for hydroxylation is 2. The van der Waals surface area contributed by atoms with E-state index in [-0.39, 0.29) is 11.5 Å². The molecule has 7 heteroatoms. The zero-order valence-corrected chi connectivity index (χ0v) is 23.9. The van der Waals surface area contributed by atoms with Crippen molar-refractivity contribution in [1.29, 1.82) is 0 Å². The maximum Gasteiger partial charge on any atom is 0.325 e. The number of nitrogens with one attached hydrogen (secondary N) is 1. The number of likely N-dealkylation sites (tertiary alicyclic amines) is 1. The highest BCUT2D eigenvalue weighted by molar-refractivity contribution is 5.77. The third kappa shape index (κ3) is 6.58. The Bertz CT molecular complexity index is 1150. The van der Waals surface area contributed by atoms with Gasteiger partial charge in [0.15, 0.2) is 0 Å². The lowest BCUT2D eigenvalue weighted by molar-refractivity contribution is -0.143. The molecule has 0 bridgehead atoms. The first-order chi connectivity index (χ1) is 18.9. The molecule has 3 aliphatic rings. The van der Waals surface area contributed by atoms with Gasteiger partial charge in [0, 0.05) is 37.5 Å². The molecule has 1 saturated heterocycles. The Balaban J connectivity index is 1.11. The largest absolute Gasteiger partial charge is 0.496 e. The monoisotopic (exact) mass is 535 g/mol. The minimum atomic E-state index is -0.832. The molecule has 1 aliphatic carbocycles. The molecule has 1 unspecified atom stereocenters. The van der Waals surface area contributed by atoms with E-state index in [1.165, 1.54) is 30.4 Å². The molecule has 1 saturated carbocycles. The molecular weight excluding hydrogens is 490 g/mol. The van der Waals surface area contributed by atoms with Crippen LogP contribution in [-0.2, 0) is 27.8 Å². The molecule has 0 amide bonds. The van der Waals surface area contributed by atoms with Crippen LogP contribution in [0.5, 0.6) is 5.75 Å². The predicted octanol–water partition coefficient (Wildman–Crippen LogP) is 5.77. The molecule has 0 spiro atoms. The van der Waals surface area contributed by atoms with Gasteiger partial charge >= 0.3 is 5.97 Å². The average molecular weight is 536 g/mol. The number of aromatic nitrogens is 1. The second-order valence-electron chi connectivity index (χ2n) is 12.1. The van der Waals surface area contributed by atoms with Crippen LogP contribution in [0.4, 0.5) is 5.82 Å². The number of methoxy groups -OCH3 is 1. The quantitative estimate of drug-likeness (QED) is 0.315.